The monoisotopic (exact) mass is 667 g/mol. The van der Waals surface area contributed by atoms with Crippen molar-refractivity contribution in [2.45, 2.75) is 0 Å². The molecule has 0 spiro atoms. The number of benzene rings is 7. The van der Waals surface area contributed by atoms with E-state index >= 15 is 0 Å². The fourth-order valence-corrected chi connectivity index (χ4v) is 8.58. The molecule has 3 nitrogen and oxygen atoms in total. The Morgan fingerprint density at radius 3 is 1.96 bits per heavy atom. The van der Waals surface area contributed by atoms with Crippen LogP contribution in [-0.4, -0.2) is 15.0 Å². The molecule has 0 saturated carbocycles. The van der Waals surface area contributed by atoms with Crippen LogP contribution in [0, 0.1) is 0 Å². The van der Waals surface area contributed by atoms with Crippen molar-refractivity contribution in [1.82, 2.24) is 15.0 Å². The molecule has 0 aliphatic heterocycles. The first-order valence-electron chi connectivity index (χ1n) is 17.1. The number of pyridine rings is 1. The van der Waals surface area contributed by atoms with E-state index in [2.05, 4.69) is 169 Å². The zero-order chi connectivity index (χ0) is 33.7. The first kappa shape index (κ1) is 29.4. The molecule has 7 aromatic carbocycles. The van der Waals surface area contributed by atoms with Crippen LogP contribution in [0.25, 0.3) is 97.9 Å². The molecule has 0 bridgehead atoms. The van der Waals surface area contributed by atoms with Crippen LogP contribution >= 0.6 is 11.3 Å². The highest BCUT2D eigenvalue weighted by Crippen LogP contribution is 2.45. The van der Waals surface area contributed by atoms with Gasteiger partial charge in [-0.15, -0.1) is 11.3 Å². The van der Waals surface area contributed by atoms with Gasteiger partial charge in [0.1, 0.15) is 0 Å². The lowest BCUT2D eigenvalue weighted by Gasteiger charge is -2.17. The van der Waals surface area contributed by atoms with Crippen molar-refractivity contribution in [2.24, 2.45) is 0 Å². The van der Waals surface area contributed by atoms with E-state index in [1.54, 1.807) is 0 Å². The summed E-state index contributed by atoms with van der Waals surface area (Å²) in [6, 6.07) is 58.3. The lowest BCUT2D eigenvalue weighted by atomic mass is 9.90. The fraction of sp³-hybridized carbons (Fsp3) is 0. The average molecular weight is 668 g/mol. The first-order chi connectivity index (χ1) is 25.3. The molecule has 51 heavy (non-hydrogen) atoms. The van der Waals surface area contributed by atoms with Crippen molar-refractivity contribution in [3.63, 3.8) is 0 Å². The lowest BCUT2D eigenvalue weighted by Crippen LogP contribution is -1.98. The van der Waals surface area contributed by atoms with Gasteiger partial charge in [0, 0.05) is 54.6 Å². The predicted molar refractivity (Wildman–Crippen MR) is 215 cm³/mol. The van der Waals surface area contributed by atoms with Crippen LogP contribution in [0.5, 0.6) is 0 Å². The smallest absolute Gasteiger partial charge is 0.161 e. The molecular weight excluding hydrogens is 639 g/mol. The Balaban J connectivity index is 1.30. The lowest BCUT2D eigenvalue weighted by molar-refractivity contribution is 1.23. The third-order valence-corrected chi connectivity index (χ3v) is 11.0. The standard InChI is InChI=1S/C47H29N3S/c1-2-11-31(12-3-1)35-15-6-7-17-40(35)47-49-43-29-33-14-5-4-13-32(33)28-42(43)45(50-47)37-22-21-34(30-23-25-48-26-24-30)27-41(37)39-19-10-18-38-36-16-8-9-20-44(36)51-46(38)39/h1-29H. The topological polar surface area (TPSA) is 38.7 Å². The summed E-state index contributed by atoms with van der Waals surface area (Å²) in [5.74, 6) is 0.705. The van der Waals surface area contributed by atoms with E-state index < -0.39 is 0 Å². The maximum absolute atomic E-state index is 5.53. The quantitative estimate of drug-likeness (QED) is 0.171. The number of thiophene rings is 1. The number of aromatic nitrogens is 3. The highest BCUT2D eigenvalue weighted by Gasteiger charge is 2.21. The molecule has 238 valence electrons. The molecule has 10 aromatic rings. The maximum Gasteiger partial charge on any atom is 0.161 e. The molecule has 10 rings (SSSR count). The number of hydrogen-bond donors (Lipinski definition) is 0. The molecule has 0 aliphatic rings. The molecular formula is C47H29N3S. The largest absolute Gasteiger partial charge is 0.265 e. The van der Waals surface area contributed by atoms with Gasteiger partial charge in [0.15, 0.2) is 5.82 Å². The first-order valence-corrected chi connectivity index (χ1v) is 17.9. The van der Waals surface area contributed by atoms with Crippen molar-refractivity contribution < 1.29 is 0 Å². The molecule has 0 amide bonds. The van der Waals surface area contributed by atoms with Crippen LogP contribution in [-0.2, 0) is 0 Å². The molecule has 0 N–H and O–H groups in total. The zero-order valence-corrected chi connectivity index (χ0v) is 28.3. The SMILES string of the molecule is c1ccc(-c2ccccc2-c2nc(-c3ccc(-c4ccncc4)cc3-c3cccc4c3sc3ccccc34)c3cc4ccccc4cc3n2)cc1. The molecule has 0 aliphatic carbocycles. The molecule has 4 heteroatoms. The van der Waals surface area contributed by atoms with Gasteiger partial charge in [-0.2, -0.15) is 0 Å². The third-order valence-electron chi connectivity index (χ3n) is 9.80. The van der Waals surface area contributed by atoms with E-state index in [1.807, 2.05) is 23.7 Å². The van der Waals surface area contributed by atoms with Crippen LogP contribution < -0.4 is 0 Å². The fourth-order valence-electron chi connectivity index (χ4n) is 7.35. The Morgan fingerprint density at radius 2 is 1.10 bits per heavy atom. The predicted octanol–water partition coefficient (Wildman–Crippen LogP) is 12.9. The van der Waals surface area contributed by atoms with E-state index in [4.69, 9.17) is 9.97 Å². The Kier molecular flexibility index (Phi) is 7.00. The highest BCUT2D eigenvalue weighted by atomic mass is 32.1. The number of hydrogen-bond acceptors (Lipinski definition) is 4. The highest BCUT2D eigenvalue weighted by molar-refractivity contribution is 7.26. The second-order valence-electron chi connectivity index (χ2n) is 12.8. The van der Waals surface area contributed by atoms with Gasteiger partial charge in [-0.25, -0.2) is 9.97 Å². The number of fused-ring (bicyclic) bond motifs is 5. The summed E-state index contributed by atoms with van der Waals surface area (Å²) in [4.78, 5) is 15.1. The Morgan fingerprint density at radius 1 is 0.392 bits per heavy atom. The van der Waals surface area contributed by atoms with Crippen LogP contribution in [0.2, 0.25) is 0 Å². The normalized spacial score (nSPS) is 11.5. The molecule has 0 radical (unpaired) electrons. The van der Waals surface area contributed by atoms with Crippen LogP contribution in [0.4, 0.5) is 0 Å². The van der Waals surface area contributed by atoms with Crippen molar-refractivity contribution in [3.05, 3.63) is 176 Å². The summed E-state index contributed by atoms with van der Waals surface area (Å²) in [5.41, 5.74) is 10.7. The van der Waals surface area contributed by atoms with E-state index in [9.17, 15) is 0 Å². The van der Waals surface area contributed by atoms with Crippen LogP contribution in [0.1, 0.15) is 0 Å². The molecule has 3 heterocycles. The van der Waals surface area contributed by atoms with Crippen LogP contribution in [0.3, 0.4) is 0 Å². The molecule has 0 fully saturated rings. The van der Waals surface area contributed by atoms with E-state index in [1.165, 1.54) is 25.7 Å². The number of nitrogens with zero attached hydrogens (tertiary/aromatic N) is 3. The third kappa shape index (κ3) is 5.08. The molecule has 0 saturated heterocycles. The molecule has 0 atom stereocenters. The molecule has 0 unspecified atom stereocenters. The maximum atomic E-state index is 5.53. The second kappa shape index (κ2) is 12.1. The second-order valence-corrected chi connectivity index (χ2v) is 13.9. The summed E-state index contributed by atoms with van der Waals surface area (Å²) >= 11 is 1.85. The van der Waals surface area contributed by atoms with Gasteiger partial charge < -0.3 is 0 Å². The zero-order valence-electron chi connectivity index (χ0n) is 27.5. The average Bonchev–Trinajstić information content (AvgIpc) is 3.59. The summed E-state index contributed by atoms with van der Waals surface area (Å²) in [7, 11) is 0. The van der Waals surface area contributed by atoms with Crippen molar-refractivity contribution in [3.8, 4) is 56.0 Å². The van der Waals surface area contributed by atoms with Crippen molar-refractivity contribution in [2.75, 3.05) is 0 Å². The van der Waals surface area contributed by atoms with Gasteiger partial charge in [-0.05, 0) is 75.0 Å². The van der Waals surface area contributed by atoms with Gasteiger partial charge in [0.25, 0.3) is 0 Å². The minimum atomic E-state index is 0.705. The summed E-state index contributed by atoms with van der Waals surface area (Å²) in [5, 5.41) is 5.89. The van der Waals surface area contributed by atoms with Crippen LogP contribution in [0.15, 0.2) is 176 Å². The van der Waals surface area contributed by atoms with E-state index in [0.29, 0.717) is 5.82 Å². The summed E-state index contributed by atoms with van der Waals surface area (Å²) in [6.45, 7) is 0. The molecule has 3 aromatic heterocycles. The summed E-state index contributed by atoms with van der Waals surface area (Å²) in [6.07, 6.45) is 3.71. The van der Waals surface area contributed by atoms with Gasteiger partial charge in [0.05, 0.1) is 11.2 Å². The van der Waals surface area contributed by atoms with Gasteiger partial charge in [0.2, 0.25) is 0 Å². The number of rotatable bonds is 5. The van der Waals surface area contributed by atoms with E-state index in [0.717, 1.165) is 66.3 Å². The Hall–Kier alpha value is -6.49. The summed E-state index contributed by atoms with van der Waals surface area (Å²) < 4.78 is 2.55. The Bertz CT molecular complexity index is 2910. The van der Waals surface area contributed by atoms with Crippen molar-refractivity contribution >= 4 is 53.2 Å². The minimum absolute atomic E-state index is 0.705. The van der Waals surface area contributed by atoms with Gasteiger partial charge in [-0.1, -0.05) is 127 Å². The minimum Gasteiger partial charge on any atom is -0.265 e. The Labute approximate surface area is 299 Å². The van der Waals surface area contributed by atoms with Gasteiger partial charge >= 0.3 is 0 Å². The van der Waals surface area contributed by atoms with E-state index in [-0.39, 0.29) is 0 Å². The van der Waals surface area contributed by atoms with Crippen molar-refractivity contribution in [1.29, 1.82) is 0 Å². The van der Waals surface area contributed by atoms with Gasteiger partial charge in [-0.3, -0.25) is 4.98 Å².